The molecule has 0 fully saturated rings. The van der Waals surface area contributed by atoms with Crippen LogP contribution in [0, 0.1) is 5.92 Å². The van der Waals surface area contributed by atoms with Gasteiger partial charge in [0, 0.05) is 6.42 Å². The van der Waals surface area contributed by atoms with E-state index in [2.05, 4.69) is 0 Å². The fraction of sp³-hybridized carbons (Fsp3) is 0.923. The highest BCUT2D eigenvalue weighted by Gasteiger charge is 2.25. The van der Waals surface area contributed by atoms with Gasteiger partial charge in [0.1, 0.15) is 0 Å². The number of thioether (sulfide) groups is 1. The Morgan fingerprint density at radius 2 is 1.79 bits per heavy atom. The van der Waals surface area contributed by atoms with Gasteiger partial charge in [0.2, 0.25) is 0 Å². The first-order valence-corrected chi connectivity index (χ1v) is 7.77. The van der Waals surface area contributed by atoms with Crippen LogP contribution in [0.15, 0.2) is 0 Å². The summed E-state index contributed by atoms with van der Waals surface area (Å²) in [4.78, 5) is 11.2. The van der Waals surface area contributed by atoms with Crippen LogP contribution in [0.2, 0.25) is 0 Å². The molecule has 0 aromatic rings. The van der Waals surface area contributed by atoms with Gasteiger partial charge >= 0.3 is 12.1 Å². The fourth-order valence-electron chi connectivity index (χ4n) is 1.34. The third-order valence-corrected chi connectivity index (χ3v) is 3.31. The zero-order valence-corrected chi connectivity index (χ0v) is 12.4. The van der Waals surface area contributed by atoms with Gasteiger partial charge in [-0.1, -0.05) is 26.7 Å². The standard InChI is InChI=1S/C13H23F3O2S/c1-11(2)9-18-12(17)10-19-8-6-4-3-5-7-13(14,15)16/h11H,3-10H2,1-2H3. The third-order valence-electron chi connectivity index (χ3n) is 2.30. The molecule has 0 bridgehead atoms. The number of unbranched alkanes of at least 4 members (excludes halogenated alkanes) is 3. The lowest BCUT2D eigenvalue weighted by molar-refractivity contribution is -0.141. The van der Waals surface area contributed by atoms with E-state index in [4.69, 9.17) is 4.74 Å². The molecular formula is C13H23F3O2S. The summed E-state index contributed by atoms with van der Waals surface area (Å²) < 4.78 is 40.5. The molecule has 0 aliphatic heterocycles. The maximum absolute atomic E-state index is 11.8. The Morgan fingerprint density at radius 1 is 1.16 bits per heavy atom. The highest BCUT2D eigenvalue weighted by atomic mass is 32.2. The quantitative estimate of drug-likeness (QED) is 0.441. The molecule has 0 amide bonds. The molecule has 0 aromatic heterocycles. The second kappa shape index (κ2) is 10.4. The van der Waals surface area contributed by atoms with Crippen LogP contribution in [0.4, 0.5) is 13.2 Å². The molecule has 0 saturated heterocycles. The SMILES string of the molecule is CC(C)COC(=O)CSCCCCCCC(F)(F)F. The Bertz CT molecular complexity index is 243. The minimum atomic E-state index is -4.03. The molecule has 0 atom stereocenters. The van der Waals surface area contributed by atoms with Gasteiger partial charge < -0.3 is 4.74 Å². The minimum Gasteiger partial charge on any atom is -0.465 e. The number of halogens is 3. The van der Waals surface area contributed by atoms with Gasteiger partial charge in [-0.05, 0) is 24.5 Å². The molecule has 0 aliphatic carbocycles. The van der Waals surface area contributed by atoms with Crippen molar-refractivity contribution in [2.45, 2.75) is 52.1 Å². The van der Waals surface area contributed by atoms with Gasteiger partial charge in [-0.3, -0.25) is 4.79 Å². The summed E-state index contributed by atoms with van der Waals surface area (Å²) in [5.41, 5.74) is 0. The van der Waals surface area contributed by atoms with Crippen LogP contribution >= 0.6 is 11.8 Å². The predicted octanol–water partition coefficient (Wildman–Crippen LogP) is 4.43. The fourth-order valence-corrected chi connectivity index (χ4v) is 2.14. The minimum absolute atomic E-state index is 0.199. The van der Waals surface area contributed by atoms with Crippen molar-refractivity contribution in [2.75, 3.05) is 18.1 Å². The van der Waals surface area contributed by atoms with Crippen molar-refractivity contribution in [3.05, 3.63) is 0 Å². The van der Waals surface area contributed by atoms with Crippen molar-refractivity contribution in [2.24, 2.45) is 5.92 Å². The van der Waals surface area contributed by atoms with Crippen molar-refractivity contribution < 1.29 is 22.7 Å². The van der Waals surface area contributed by atoms with E-state index in [0.717, 1.165) is 18.6 Å². The summed E-state index contributed by atoms with van der Waals surface area (Å²) in [6.07, 6.45) is -2.30. The van der Waals surface area contributed by atoms with E-state index >= 15 is 0 Å². The van der Waals surface area contributed by atoms with E-state index in [1.807, 2.05) is 13.8 Å². The maximum Gasteiger partial charge on any atom is 0.389 e. The maximum atomic E-state index is 11.8. The Kier molecular flexibility index (Phi) is 10.2. The molecule has 19 heavy (non-hydrogen) atoms. The van der Waals surface area contributed by atoms with Crippen LogP contribution in [-0.2, 0) is 9.53 Å². The lowest BCUT2D eigenvalue weighted by atomic mass is 10.1. The lowest BCUT2D eigenvalue weighted by Crippen LogP contribution is -2.12. The van der Waals surface area contributed by atoms with Crippen LogP contribution < -0.4 is 0 Å². The Balaban J connectivity index is 3.25. The molecule has 0 aliphatic rings. The largest absolute Gasteiger partial charge is 0.465 e. The van der Waals surface area contributed by atoms with Crippen molar-refractivity contribution in [3.63, 3.8) is 0 Å². The first kappa shape index (κ1) is 18.6. The van der Waals surface area contributed by atoms with Gasteiger partial charge in [0.15, 0.2) is 0 Å². The second-order valence-electron chi connectivity index (χ2n) is 4.91. The topological polar surface area (TPSA) is 26.3 Å². The lowest BCUT2D eigenvalue weighted by Gasteiger charge is -2.07. The van der Waals surface area contributed by atoms with Crippen LogP contribution in [0.1, 0.15) is 46.0 Å². The van der Waals surface area contributed by atoms with Gasteiger partial charge in [-0.25, -0.2) is 0 Å². The number of hydrogen-bond donors (Lipinski definition) is 0. The van der Waals surface area contributed by atoms with E-state index in [9.17, 15) is 18.0 Å². The van der Waals surface area contributed by atoms with Crippen LogP contribution in [0.25, 0.3) is 0 Å². The normalized spacial score (nSPS) is 11.9. The number of carbonyl (C=O) groups excluding carboxylic acids is 1. The summed E-state index contributed by atoms with van der Waals surface area (Å²) in [5.74, 6) is 1.25. The van der Waals surface area contributed by atoms with Crippen LogP contribution in [-0.4, -0.2) is 30.3 Å². The summed E-state index contributed by atoms with van der Waals surface area (Å²) in [5, 5.41) is 0. The summed E-state index contributed by atoms with van der Waals surface area (Å²) in [7, 11) is 0. The molecule has 2 nitrogen and oxygen atoms in total. The number of hydrogen-bond acceptors (Lipinski definition) is 3. The summed E-state index contributed by atoms with van der Waals surface area (Å²) in [6, 6.07) is 0. The van der Waals surface area contributed by atoms with Crippen molar-refractivity contribution in [1.29, 1.82) is 0 Å². The molecule has 0 unspecified atom stereocenters. The Morgan fingerprint density at radius 3 is 2.37 bits per heavy atom. The molecule has 0 heterocycles. The molecule has 0 radical (unpaired) electrons. The molecule has 6 heteroatoms. The number of alkyl halides is 3. The van der Waals surface area contributed by atoms with Crippen LogP contribution in [0.5, 0.6) is 0 Å². The van der Waals surface area contributed by atoms with Crippen molar-refractivity contribution in [3.8, 4) is 0 Å². The molecule has 114 valence electrons. The Hall–Kier alpha value is -0.390. The first-order valence-electron chi connectivity index (χ1n) is 6.61. The average molecular weight is 300 g/mol. The highest BCUT2D eigenvalue weighted by Crippen LogP contribution is 2.23. The van der Waals surface area contributed by atoms with Gasteiger partial charge in [-0.2, -0.15) is 24.9 Å². The number of ether oxygens (including phenoxy) is 1. The van der Waals surface area contributed by atoms with E-state index in [-0.39, 0.29) is 12.4 Å². The van der Waals surface area contributed by atoms with Gasteiger partial charge in [0.05, 0.1) is 12.4 Å². The van der Waals surface area contributed by atoms with E-state index in [0.29, 0.717) is 24.7 Å². The molecule has 0 N–H and O–H groups in total. The van der Waals surface area contributed by atoms with E-state index in [1.54, 1.807) is 0 Å². The smallest absolute Gasteiger partial charge is 0.389 e. The highest BCUT2D eigenvalue weighted by molar-refractivity contribution is 7.99. The van der Waals surface area contributed by atoms with E-state index in [1.165, 1.54) is 11.8 Å². The summed E-state index contributed by atoms with van der Waals surface area (Å²) >= 11 is 1.48. The molecule has 0 saturated carbocycles. The molecule has 0 rings (SSSR count). The summed E-state index contributed by atoms with van der Waals surface area (Å²) in [6.45, 7) is 4.39. The van der Waals surface area contributed by atoms with Crippen molar-refractivity contribution >= 4 is 17.7 Å². The number of rotatable bonds is 10. The zero-order chi connectivity index (χ0) is 14.7. The van der Waals surface area contributed by atoms with E-state index < -0.39 is 12.6 Å². The third kappa shape index (κ3) is 15.6. The molecule has 0 aromatic carbocycles. The molecule has 0 spiro atoms. The first-order chi connectivity index (χ1) is 8.81. The monoisotopic (exact) mass is 300 g/mol. The van der Waals surface area contributed by atoms with Crippen molar-refractivity contribution in [1.82, 2.24) is 0 Å². The number of carbonyl (C=O) groups is 1. The van der Waals surface area contributed by atoms with Gasteiger partial charge in [0.25, 0.3) is 0 Å². The number of esters is 1. The second-order valence-corrected chi connectivity index (χ2v) is 6.01. The average Bonchev–Trinajstić information content (AvgIpc) is 2.28. The zero-order valence-electron chi connectivity index (χ0n) is 11.6. The Labute approximate surface area is 117 Å². The molecular weight excluding hydrogens is 277 g/mol. The predicted molar refractivity (Wildman–Crippen MR) is 72.3 cm³/mol. The van der Waals surface area contributed by atoms with Crippen LogP contribution in [0.3, 0.4) is 0 Å². The van der Waals surface area contributed by atoms with Gasteiger partial charge in [-0.15, -0.1) is 0 Å².